The van der Waals surface area contributed by atoms with Crippen LogP contribution in [-0.4, -0.2) is 32.1 Å². The highest BCUT2D eigenvalue weighted by atomic mass is 32.2. The number of benzene rings is 1. The molecule has 5 heteroatoms. The van der Waals surface area contributed by atoms with Gasteiger partial charge in [-0.15, -0.1) is 0 Å². The molecular formula is C13H21NO2S2. The maximum absolute atomic E-state index is 12.3. The lowest BCUT2D eigenvalue weighted by molar-refractivity contribution is 0.445. The monoisotopic (exact) mass is 287 g/mol. The minimum atomic E-state index is -3.32. The molecule has 0 aliphatic rings. The summed E-state index contributed by atoms with van der Waals surface area (Å²) < 4.78 is 26.0. The summed E-state index contributed by atoms with van der Waals surface area (Å²) in [5.41, 5.74) is 1.15. The van der Waals surface area contributed by atoms with Crippen LogP contribution >= 0.6 is 11.8 Å². The van der Waals surface area contributed by atoms with Gasteiger partial charge in [0.25, 0.3) is 0 Å². The lowest BCUT2D eigenvalue weighted by Crippen LogP contribution is -2.30. The SMILES string of the molecule is CCN(CC)S(=O)(=O)c1ccc(C(C)SC)cc1. The summed E-state index contributed by atoms with van der Waals surface area (Å²) in [6, 6.07) is 7.21. The van der Waals surface area contributed by atoms with Gasteiger partial charge in [-0.3, -0.25) is 0 Å². The highest BCUT2D eigenvalue weighted by Gasteiger charge is 2.21. The predicted octanol–water partition coefficient (Wildman–Crippen LogP) is 3.14. The summed E-state index contributed by atoms with van der Waals surface area (Å²) in [7, 11) is -3.32. The molecule has 0 aliphatic carbocycles. The first-order valence-corrected chi connectivity index (χ1v) is 8.83. The molecule has 1 unspecified atom stereocenters. The summed E-state index contributed by atoms with van der Waals surface area (Å²) in [6.07, 6.45) is 2.05. The van der Waals surface area contributed by atoms with Crippen LogP contribution in [0.25, 0.3) is 0 Å². The van der Waals surface area contributed by atoms with E-state index in [1.807, 2.05) is 32.2 Å². The maximum Gasteiger partial charge on any atom is 0.243 e. The van der Waals surface area contributed by atoms with E-state index in [4.69, 9.17) is 0 Å². The number of hydrogen-bond acceptors (Lipinski definition) is 3. The van der Waals surface area contributed by atoms with Gasteiger partial charge in [0.1, 0.15) is 0 Å². The molecule has 0 radical (unpaired) electrons. The van der Waals surface area contributed by atoms with Gasteiger partial charge in [0.2, 0.25) is 10.0 Å². The lowest BCUT2D eigenvalue weighted by Gasteiger charge is -2.18. The Kier molecular flexibility index (Phi) is 5.69. The Morgan fingerprint density at radius 2 is 1.67 bits per heavy atom. The molecule has 0 saturated carbocycles. The predicted molar refractivity (Wildman–Crippen MR) is 78.5 cm³/mol. The van der Waals surface area contributed by atoms with Crippen LogP contribution in [0, 0.1) is 0 Å². The van der Waals surface area contributed by atoms with Crippen LogP contribution in [-0.2, 0) is 10.0 Å². The van der Waals surface area contributed by atoms with Crippen LogP contribution in [0.3, 0.4) is 0 Å². The van der Waals surface area contributed by atoms with Gasteiger partial charge in [0.05, 0.1) is 4.90 Å². The first-order chi connectivity index (χ1) is 8.47. The van der Waals surface area contributed by atoms with Crippen LogP contribution in [0.15, 0.2) is 29.2 Å². The third kappa shape index (κ3) is 3.28. The molecule has 18 heavy (non-hydrogen) atoms. The summed E-state index contributed by atoms with van der Waals surface area (Å²) in [5.74, 6) is 0. The number of sulfonamides is 1. The summed E-state index contributed by atoms with van der Waals surface area (Å²) >= 11 is 1.75. The van der Waals surface area contributed by atoms with E-state index in [0.717, 1.165) is 5.56 Å². The topological polar surface area (TPSA) is 37.4 Å². The molecule has 0 heterocycles. The van der Waals surface area contributed by atoms with E-state index < -0.39 is 10.0 Å². The Hall–Kier alpha value is -0.520. The molecule has 102 valence electrons. The molecule has 0 spiro atoms. The van der Waals surface area contributed by atoms with E-state index in [1.165, 1.54) is 4.31 Å². The van der Waals surface area contributed by atoms with Crippen molar-refractivity contribution in [3.8, 4) is 0 Å². The zero-order valence-corrected chi connectivity index (χ0v) is 13.0. The van der Waals surface area contributed by atoms with E-state index in [-0.39, 0.29) is 0 Å². The number of hydrogen-bond donors (Lipinski definition) is 0. The minimum Gasteiger partial charge on any atom is -0.207 e. The van der Waals surface area contributed by atoms with Crippen LogP contribution in [0.5, 0.6) is 0 Å². The maximum atomic E-state index is 12.3. The molecule has 0 aliphatic heterocycles. The van der Waals surface area contributed by atoms with Crippen molar-refractivity contribution in [1.29, 1.82) is 0 Å². The minimum absolute atomic E-state index is 0.378. The van der Waals surface area contributed by atoms with Gasteiger partial charge in [-0.2, -0.15) is 16.1 Å². The molecule has 1 aromatic carbocycles. The fraction of sp³-hybridized carbons (Fsp3) is 0.538. The van der Waals surface area contributed by atoms with Gasteiger partial charge in [-0.25, -0.2) is 8.42 Å². The average Bonchev–Trinajstić information content (AvgIpc) is 2.39. The lowest BCUT2D eigenvalue weighted by atomic mass is 10.2. The zero-order chi connectivity index (χ0) is 13.8. The summed E-state index contributed by atoms with van der Waals surface area (Å²) in [4.78, 5) is 0.378. The molecule has 0 aromatic heterocycles. The Morgan fingerprint density at radius 3 is 2.06 bits per heavy atom. The van der Waals surface area contributed by atoms with Crippen LogP contribution in [0.2, 0.25) is 0 Å². The Morgan fingerprint density at radius 1 is 1.17 bits per heavy atom. The Labute approximate surface area is 115 Å². The highest BCUT2D eigenvalue weighted by Crippen LogP contribution is 2.26. The third-order valence-electron chi connectivity index (χ3n) is 3.05. The molecule has 0 saturated heterocycles. The molecular weight excluding hydrogens is 266 g/mol. The Bertz CT molecular complexity index is 464. The van der Waals surface area contributed by atoms with Crippen molar-refractivity contribution in [2.75, 3.05) is 19.3 Å². The molecule has 0 fully saturated rings. The van der Waals surface area contributed by atoms with Crippen molar-refractivity contribution in [2.45, 2.75) is 30.9 Å². The van der Waals surface area contributed by atoms with E-state index in [9.17, 15) is 8.42 Å². The standard InChI is InChI=1S/C13H21NO2S2/c1-5-14(6-2)18(15,16)13-9-7-12(8-10-13)11(3)17-4/h7-11H,5-6H2,1-4H3. The van der Waals surface area contributed by atoms with E-state index in [1.54, 1.807) is 23.9 Å². The number of nitrogens with zero attached hydrogens (tertiary/aromatic N) is 1. The van der Waals surface area contributed by atoms with E-state index >= 15 is 0 Å². The average molecular weight is 287 g/mol. The van der Waals surface area contributed by atoms with E-state index in [2.05, 4.69) is 6.92 Å². The van der Waals surface area contributed by atoms with Crippen molar-refractivity contribution in [2.24, 2.45) is 0 Å². The molecule has 1 aromatic rings. The van der Waals surface area contributed by atoms with Crippen molar-refractivity contribution in [3.05, 3.63) is 29.8 Å². The summed E-state index contributed by atoms with van der Waals surface area (Å²) in [6.45, 7) is 6.82. The van der Waals surface area contributed by atoms with Crippen LogP contribution in [0.4, 0.5) is 0 Å². The fourth-order valence-corrected chi connectivity index (χ4v) is 3.65. The quantitative estimate of drug-likeness (QED) is 0.806. The normalized spacial score (nSPS) is 13.8. The van der Waals surface area contributed by atoms with Crippen molar-refractivity contribution < 1.29 is 8.42 Å². The Balaban J connectivity index is 3.05. The first kappa shape index (κ1) is 15.5. The van der Waals surface area contributed by atoms with Gasteiger partial charge in [0, 0.05) is 18.3 Å². The van der Waals surface area contributed by atoms with Gasteiger partial charge in [0.15, 0.2) is 0 Å². The third-order valence-corrected chi connectivity index (χ3v) is 6.09. The van der Waals surface area contributed by atoms with Crippen LogP contribution in [0.1, 0.15) is 31.6 Å². The fourth-order valence-electron chi connectivity index (χ4n) is 1.76. The van der Waals surface area contributed by atoms with Gasteiger partial charge >= 0.3 is 0 Å². The van der Waals surface area contributed by atoms with Gasteiger partial charge in [-0.1, -0.05) is 26.0 Å². The second kappa shape index (κ2) is 6.59. The van der Waals surface area contributed by atoms with E-state index in [0.29, 0.717) is 23.2 Å². The zero-order valence-electron chi connectivity index (χ0n) is 11.4. The summed E-state index contributed by atoms with van der Waals surface area (Å²) in [5, 5.41) is 0.384. The second-order valence-corrected chi connectivity index (χ2v) is 7.15. The molecule has 1 rings (SSSR count). The largest absolute Gasteiger partial charge is 0.243 e. The van der Waals surface area contributed by atoms with Crippen LogP contribution < -0.4 is 0 Å². The van der Waals surface area contributed by atoms with Crippen molar-refractivity contribution in [1.82, 2.24) is 4.31 Å². The number of thioether (sulfide) groups is 1. The molecule has 3 nitrogen and oxygen atoms in total. The first-order valence-electron chi connectivity index (χ1n) is 6.10. The molecule has 0 bridgehead atoms. The highest BCUT2D eigenvalue weighted by molar-refractivity contribution is 7.98. The van der Waals surface area contributed by atoms with Gasteiger partial charge < -0.3 is 0 Å². The van der Waals surface area contributed by atoms with Crippen molar-refractivity contribution >= 4 is 21.8 Å². The second-order valence-electron chi connectivity index (χ2n) is 4.04. The molecule has 0 amide bonds. The smallest absolute Gasteiger partial charge is 0.207 e. The number of rotatable bonds is 6. The van der Waals surface area contributed by atoms with Crippen molar-refractivity contribution in [3.63, 3.8) is 0 Å². The molecule has 0 N–H and O–H groups in total. The molecule has 1 atom stereocenters. The van der Waals surface area contributed by atoms with Gasteiger partial charge in [-0.05, 0) is 30.9 Å².